The minimum Gasteiger partial charge on any atom is -0.462 e. The maximum absolute atomic E-state index is 12.9. The van der Waals surface area contributed by atoms with Crippen molar-refractivity contribution in [3.8, 4) is 0 Å². The van der Waals surface area contributed by atoms with Gasteiger partial charge in [-0.05, 0) is 161 Å². The second kappa shape index (κ2) is 64.3. The highest BCUT2D eigenvalue weighted by atomic mass is 16.6. The normalized spacial score (nSPS) is 13.7. The van der Waals surface area contributed by atoms with E-state index < -0.39 is 12.1 Å². The van der Waals surface area contributed by atoms with E-state index in [-0.39, 0.29) is 44.4 Å². The quantitative estimate of drug-likeness (QED) is 0.0261. The lowest BCUT2D eigenvalue weighted by atomic mass is 10.2. The van der Waals surface area contributed by atoms with Gasteiger partial charge in [-0.3, -0.25) is 14.4 Å². The van der Waals surface area contributed by atoms with Gasteiger partial charge in [-0.25, -0.2) is 0 Å². The fourth-order valence-electron chi connectivity index (χ4n) is 7.06. The van der Waals surface area contributed by atoms with E-state index in [0.29, 0.717) is 19.3 Å². The van der Waals surface area contributed by atoms with Crippen LogP contribution in [-0.4, -0.2) is 37.2 Å². The van der Waals surface area contributed by atoms with Gasteiger partial charge in [0.25, 0.3) is 0 Å². The Hall–Kier alpha value is -6.27. The molecule has 0 aliphatic rings. The van der Waals surface area contributed by atoms with Gasteiger partial charge in [0.1, 0.15) is 13.2 Å². The third-order valence-corrected chi connectivity index (χ3v) is 11.5. The molecule has 6 nitrogen and oxygen atoms in total. The first-order valence-electron chi connectivity index (χ1n) is 30.2. The van der Waals surface area contributed by atoms with Crippen molar-refractivity contribution in [2.45, 2.75) is 207 Å². The summed E-state index contributed by atoms with van der Waals surface area (Å²) in [5.74, 6) is -1.13. The van der Waals surface area contributed by atoms with E-state index in [2.05, 4.69) is 240 Å². The predicted molar refractivity (Wildman–Crippen MR) is 343 cm³/mol. The molecule has 0 aromatic rings. The molecule has 0 aromatic carbocycles. The summed E-state index contributed by atoms with van der Waals surface area (Å²) in [6.07, 6.45) is 101. The van der Waals surface area contributed by atoms with Crippen LogP contribution in [-0.2, 0) is 28.6 Å². The van der Waals surface area contributed by atoms with Gasteiger partial charge in [0.2, 0.25) is 0 Å². The van der Waals surface area contributed by atoms with Gasteiger partial charge in [-0.2, -0.15) is 0 Å². The molecule has 0 saturated heterocycles. The minimum atomic E-state index is -0.866. The van der Waals surface area contributed by atoms with Crippen molar-refractivity contribution in [3.63, 3.8) is 0 Å². The highest BCUT2D eigenvalue weighted by Gasteiger charge is 2.19. The number of ether oxygens (including phenoxy) is 3. The lowest BCUT2D eigenvalue weighted by molar-refractivity contribution is -0.167. The summed E-state index contributed by atoms with van der Waals surface area (Å²) in [5.41, 5.74) is 0. The Morgan fingerprint density at radius 2 is 0.456 bits per heavy atom. The number of carbonyl (C=O) groups excluding carboxylic acids is 3. The standard InChI is InChI=1S/C73H106O6/c1-4-7-10-13-16-19-22-25-28-30-32-34-36-38-40-42-45-48-51-54-57-60-63-66-72(75)78-69-70(68-77-71(74)65-62-59-56-53-50-47-44-27-24-21-18-15-12-9-6-3)79-73(76)67-64-61-58-55-52-49-46-43-41-39-37-35-33-31-29-26-23-20-17-14-11-8-5-2/h7-12,16-21,25-29,32-35,38-41,44-46,48-50,53-55,57-58,70H,4-6,13-15,22-24,30-31,36-37,42-43,47,51-52,56,59-69H2,1-3H3/b10-7-,11-8-,12-9-,19-16-,20-17-,21-18-,28-25-,29-26-,34-32-,35-33-,40-38-,41-39-,44-27-,48-45-,49-46-,53-50-,57-54-,58-55-. The maximum atomic E-state index is 12.9. The van der Waals surface area contributed by atoms with Crippen LogP contribution in [0.3, 0.4) is 0 Å². The molecule has 0 spiro atoms. The molecule has 0 aromatic heterocycles. The molecule has 434 valence electrons. The van der Waals surface area contributed by atoms with E-state index in [1.54, 1.807) is 0 Å². The Balaban J connectivity index is 4.69. The number of allylic oxidation sites excluding steroid dienone is 36. The van der Waals surface area contributed by atoms with Gasteiger partial charge in [0.05, 0.1) is 0 Å². The lowest BCUT2D eigenvalue weighted by Gasteiger charge is -2.18. The number of hydrogen-bond acceptors (Lipinski definition) is 6. The van der Waals surface area contributed by atoms with Crippen molar-refractivity contribution in [3.05, 3.63) is 219 Å². The van der Waals surface area contributed by atoms with E-state index in [0.717, 1.165) is 141 Å². The predicted octanol–water partition coefficient (Wildman–Crippen LogP) is 21.0. The van der Waals surface area contributed by atoms with Gasteiger partial charge in [-0.1, -0.05) is 240 Å². The average Bonchev–Trinajstić information content (AvgIpc) is 3.45. The van der Waals surface area contributed by atoms with Gasteiger partial charge in [0.15, 0.2) is 6.10 Å². The Bertz CT molecular complexity index is 2010. The number of esters is 3. The second-order valence-corrected chi connectivity index (χ2v) is 18.8. The molecule has 0 rings (SSSR count). The largest absolute Gasteiger partial charge is 0.462 e. The molecule has 1 unspecified atom stereocenters. The molecule has 0 aliphatic heterocycles. The summed E-state index contributed by atoms with van der Waals surface area (Å²) < 4.78 is 16.7. The van der Waals surface area contributed by atoms with Crippen LogP contribution < -0.4 is 0 Å². The van der Waals surface area contributed by atoms with Crippen molar-refractivity contribution in [1.29, 1.82) is 0 Å². The zero-order chi connectivity index (χ0) is 57.1. The highest BCUT2D eigenvalue weighted by molar-refractivity contribution is 5.71. The van der Waals surface area contributed by atoms with Gasteiger partial charge in [0, 0.05) is 19.3 Å². The van der Waals surface area contributed by atoms with Crippen LogP contribution >= 0.6 is 0 Å². The number of rotatable bonds is 51. The molecular formula is C73H106O6. The summed E-state index contributed by atoms with van der Waals surface area (Å²) in [7, 11) is 0. The van der Waals surface area contributed by atoms with Crippen LogP contribution in [0.2, 0.25) is 0 Å². The zero-order valence-electron chi connectivity index (χ0n) is 49.5. The topological polar surface area (TPSA) is 78.9 Å². The van der Waals surface area contributed by atoms with E-state index in [9.17, 15) is 14.4 Å². The molecule has 79 heavy (non-hydrogen) atoms. The van der Waals surface area contributed by atoms with E-state index >= 15 is 0 Å². The van der Waals surface area contributed by atoms with Crippen molar-refractivity contribution in [1.82, 2.24) is 0 Å². The number of hydrogen-bond donors (Lipinski definition) is 0. The van der Waals surface area contributed by atoms with Crippen LogP contribution in [0.1, 0.15) is 201 Å². The van der Waals surface area contributed by atoms with E-state index in [4.69, 9.17) is 14.2 Å². The third kappa shape index (κ3) is 62.5. The summed E-state index contributed by atoms with van der Waals surface area (Å²) >= 11 is 0. The molecule has 0 bridgehead atoms. The Morgan fingerprint density at radius 3 is 0.709 bits per heavy atom. The SMILES string of the molecule is CC/C=C\C/C=C\C/C=C\C/C=C\C/C=C\C/C=C\C/C=C\CCCC(=O)OCC(COC(=O)CCCC/C=C\C/C=C\C/C=C\C/C=C\CC)OC(=O)CCC/C=C\C/C=C\C/C=C\C/C=C\C/C=C\C/C=C\C/C=C\CC. The summed E-state index contributed by atoms with van der Waals surface area (Å²) in [5, 5.41) is 0. The van der Waals surface area contributed by atoms with Crippen molar-refractivity contribution >= 4 is 17.9 Å². The molecule has 0 N–H and O–H groups in total. The first kappa shape index (κ1) is 72.7. The Kier molecular flexibility index (Phi) is 59.2. The van der Waals surface area contributed by atoms with Crippen molar-refractivity contribution < 1.29 is 28.6 Å². The average molecular weight is 1080 g/mol. The fourth-order valence-corrected chi connectivity index (χ4v) is 7.06. The van der Waals surface area contributed by atoms with Crippen LogP contribution in [0.15, 0.2) is 219 Å². The molecule has 0 amide bonds. The van der Waals surface area contributed by atoms with Gasteiger partial charge in [-0.15, -0.1) is 0 Å². The van der Waals surface area contributed by atoms with Gasteiger partial charge >= 0.3 is 17.9 Å². The van der Waals surface area contributed by atoms with Crippen LogP contribution in [0.5, 0.6) is 0 Å². The Labute approximate surface area is 482 Å². The summed E-state index contributed by atoms with van der Waals surface area (Å²) in [6, 6.07) is 0. The fraction of sp³-hybridized carbons (Fsp3) is 0.466. The first-order chi connectivity index (χ1) is 39.0. The molecule has 0 aliphatic carbocycles. The first-order valence-corrected chi connectivity index (χ1v) is 30.2. The Morgan fingerprint density at radius 1 is 0.253 bits per heavy atom. The molecule has 0 radical (unpaired) electrons. The summed E-state index contributed by atoms with van der Waals surface area (Å²) in [4.78, 5) is 38.2. The van der Waals surface area contributed by atoms with Crippen LogP contribution in [0, 0.1) is 0 Å². The summed E-state index contributed by atoms with van der Waals surface area (Å²) in [6.45, 7) is 6.13. The van der Waals surface area contributed by atoms with Crippen LogP contribution in [0.4, 0.5) is 0 Å². The molecule has 0 heterocycles. The highest BCUT2D eigenvalue weighted by Crippen LogP contribution is 2.09. The minimum absolute atomic E-state index is 0.155. The van der Waals surface area contributed by atoms with Crippen molar-refractivity contribution in [2.24, 2.45) is 0 Å². The van der Waals surface area contributed by atoms with Crippen LogP contribution in [0.25, 0.3) is 0 Å². The second-order valence-electron chi connectivity index (χ2n) is 18.8. The lowest BCUT2D eigenvalue weighted by Crippen LogP contribution is -2.30. The van der Waals surface area contributed by atoms with Crippen molar-refractivity contribution in [2.75, 3.05) is 13.2 Å². The molecule has 6 heteroatoms. The third-order valence-electron chi connectivity index (χ3n) is 11.5. The molecular weight excluding hydrogens is 973 g/mol. The molecule has 1 atom stereocenters. The maximum Gasteiger partial charge on any atom is 0.306 e. The molecule has 0 saturated carbocycles. The van der Waals surface area contributed by atoms with E-state index in [1.165, 1.54) is 0 Å². The number of unbranched alkanes of at least 4 members (excludes halogenated alkanes) is 4. The monoisotopic (exact) mass is 1080 g/mol. The van der Waals surface area contributed by atoms with E-state index in [1.807, 2.05) is 0 Å². The smallest absolute Gasteiger partial charge is 0.306 e. The number of carbonyl (C=O) groups is 3. The van der Waals surface area contributed by atoms with Gasteiger partial charge < -0.3 is 14.2 Å². The molecule has 0 fully saturated rings. The zero-order valence-corrected chi connectivity index (χ0v) is 49.5.